The van der Waals surface area contributed by atoms with E-state index in [1.54, 1.807) is 0 Å². The van der Waals surface area contributed by atoms with Crippen molar-refractivity contribution >= 4 is 28.2 Å². The van der Waals surface area contributed by atoms with Gasteiger partial charge in [0.15, 0.2) is 0 Å². The van der Waals surface area contributed by atoms with Crippen LogP contribution in [0.3, 0.4) is 0 Å². The molecule has 0 fully saturated rings. The first kappa shape index (κ1) is 11.1. The quantitative estimate of drug-likeness (QED) is 0.826. The molecule has 4 heteroatoms. The van der Waals surface area contributed by atoms with Gasteiger partial charge in [-0.25, -0.2) is 4.98 Å². The average Bonchev–Trinajstić information content (AvgIpc) is 2.69. The molecular weight excluding hydrogens is 218 g/mol. The molecule has 3 nitrogen and oxygen atoms in total. The third kappa shape index (κ3) is 2.07. The largest absolute Gasteiger partial charge is 0.393 e. The van der Waals surface area contributed by atoms with E-state index in [0.29, 0.717) is 11.0 Å². The molecule has 2 rings (SSSR count). The van der Waals surface area contributed by atoms with Crippen LogP contribution < -0.4 is 5.73 Å². The lowest BCUT2D eigenvalue weighted by molar-refractivity contribution is 0.516. The highest BCUT2D eigenvalue weighted by molar-refractivity contribution is 7.80. The van der Waals surface area contributed by atoms with Gasteiger partial charge in [-0.3, -0.25) is 0 Å². The lowest BCUT2D eigenvalue weighted by Crippen LogP contribution is -2.16. The monoisotopic (exact) mass is 233 g/mol. The predicted octanol–water partition coefficient (Wildman–Crippen LogP) is 2.66. The van der Waals surface area contributed by atoms with Crippen LogP contribution in [0.1, 0.15) is 25.8 Å². The number of aromatic nitrogens is 2. The second kappa shape index (κ2) is 4.61. The summed E-state index contributed by atoms with van der Waals surface area (Å²) in [7, 11) is 0. The number of rotatable bonds is 4. The number of nitrogens with two attached hydrogens (primary N) is 1. The molecule has 0 bridgehead atoms. The number of thiocarbonyl (C=S) groups is 1. The van der Waals surface area contributed by atoms with E-state index < -0.39 is 0 Å². The van der Waals surface area contributed by atoms with Crippen molar-refractivity contribution in [2.24, 2.45) is 5.73 Å². The maximum absolute atomic E-state index is 5.62. The Morgan fingerprint density at radius 1 is 1.50 bits per heavy atom. The summed E-state index contributed by atoms with van der Waals surface area (Å²) in [6, 6.07) is 8.41. The van der Waals surface area contributed by atoms with Gasteiger partial charge in [-0.05, 0) is 18.6 Å². The Morgan fingerprint density at radius 3 is 2.94 bits per heavy atom. The van der Waals surface area contributed by atoms with E-state index in [2.05, 4.69) is 22.5 Å². The summed E-state index contributed by atoms with van der Waals surface area (Å²) in [5.41, 5.74) is 7.78. The molecule has 0 aliphatic heterocycles. The van der Waals surface area contributed by atoms with Crippen molar-refractivity contribution in [2.45, 2.75) is 25.8 Å². The Morgan fingerprint density at radius 2 is 2.25 bits per heavy atom. The molecule has 84 valence electrons. The van der Waals surface area contributed by atoms with Crippen LogP contribution in [0.15, 0.2) is 30.6 Å². The number of nitrogens with zero attached hydrogens (tertiary/aromatic N) is 2. The summed E-state index contributed by atoms with van der Waals surface area (Å²) in [6.45, 7) is 2.14. The van der Waals surface area contributed by atoms with E-state index in [1.807, 2.05) is 24.5 Å². The number of para-hydroxylation sites is 2. The second-order valence-corrected chi connectivity index (χ2v) is 4.40. The lowest BCUT2D eigenvalue weighted by atomic mass is 10.1. The highest BCUT2D eigenvalue weighted by Gasteiger charge is 2.12. The van der Waals surface area contributed by atoms with Crippen LogP contribution in [0.5, 0.6) is 0 Å². The van der Waals surface area contributed by atoms with E-state index in [-0.39, 0.29) is 0 Å². The van der Waals surface area contributed by atoms with E-state index in [4.69, 9.17) is 18.0 Å². The van der Waals surface area contributed by atoms with Crippen molar-refractivity contribution in [3.05, 3.63) is 30.6 Å². The second-order valence-electron chi connectivity index (χ2n) is 3.87. The fourth-order valence-electron chi connectivity index (χ4n) is 1.94. The molecule has 1 atom stereocenters. The maximum Gasteiger partial charge on any atom is 0.0961 e. The van der Waals surface area contributed by atoms with Crippen molar-refractivity contribution < 1.29 is 0 Å². The SMILES string of the molecule is CCC(CC(N)=S)n1cnc2ccccc21. The van der Waals surface area contributed by atoms with Crippen LogP contribution >= 0.6 is 12.2 Å². The number of fused-ring (bicyclic) bond motifs is 1. The first-order valence-corrected chi connectivity index (χ1v) is 5.83. The molecule has 1 heterocycles. The van der Waals surface area contributed by atoms with Crippen LogP contribution in [-0.4, -0.2) is 14.5 Å². The normalized spacial score (nSPS) is 12.8. The molecule has 2 aromatic rings. The Kier molecular flexibility index (Phi) is 3.19. The van der Waals surface area contributed by atoms with Gasteiger partial charge in [-0.1, -0.05) is 31.3 Å². The zero-order valence-corrected chi connectivity index (χ0v) is 10.1. The van der Waals surface area contributed by atoms with Crippen molar-refractivity contribution in [3.8, 4) is 0 Å². The van der Waals surface area contributed by atoms with Gasteiger partial charge in [-0.2, -0.15) is 0 Å². The first-order valence-electron chi connectivity index (χ1n) is 5.42. The van der Waals surface area contributed by atoms with Gasteiger partial charge in [0.05, 0.1) is 22.3 Å². The van der Waals surface area contributed by atoms with Crippen molar-refractivity contribution in [1.82, 2.24) is 9.55 Å². The Bertz CT molecular complexity index is 504. The third-order valence-corrected chi connectivity index (χ3v) is 2.95. The minimum Gasteiger partial charge on any atom is -0.393 e. The molecule has 0 saturated carbocycles. The van der Waals surface area contributed by atoms with E-state index >= 15 is 0 Å². The molecule has 0 radical (unpaired) electrons. The smallest absolute Gasteiger partial charge is 0.0961 e. The standard InChI is InChI=1S/C12H15N3S/c1-2-9(7-12(13)16)15-8-14-10-5-3-4-6-11(10)15/h3-6,8-9H,2,7H2,1H3,(H2,13,16). The van der Waals surface area contributed by atoms with Crippen LogP contribution in [0, 0.1) is 0 Å². The van der Waals surface area contributed by atoms with Crippen LogP contribution in [0.2, 0.25) is 0 Å². The maximum atomic E-state index is 5.62. The van der Waals surface area contributed by atoms with Gasteiger partial charge in [0, 0.05) is 12.5 Å². The zero-order chi connectivity index (χ0) is 11.5. The van der Waals surface area contributed by atoms with Gasteiger partial charge in [0.2, 0.25) is 0 Å². The summed E-state index contributed by atoms with van der Waals surface area (Å²) in [5, 5.41) is 0. The van der Waals surface area contributed by atoms with E-state index in [1.165, 1.54) is 0 Å². The molecule has 1 unspecified atom stereocenters. The summed E-state index contributed by atoms with van der Waals surface area (Å²) in [4.78, 5) is 4.93. The third-order valence-electron chi connectivity index (χ3n) is 2.78. The Balaban J connectivity index is 2.41. The fraction of sp³-hybridized carbons (Fsp3) is 0.333. The number of hydrogen-bond acceptors (Lipinski definition) is 2. The fourth-order valence-corrected chi connectivity index (χ4v) is 2.13. The molecule has 1 aromatic heterocycles. The van der Waals surface area contributed by atoms with Gasteiger partial charge >= 0.3 is 0 Å². The highest BCUT2D eigenvalue weighted by atomic mass is 32.1. The molecule has 1 aromatic carbocycles. The molecule has 0 aliphatic rings. The number of hydrogen-bond donors (Lipinski definition) is 1. The van der Waals surface area contributed by atoms with Gasteiger partial charge in [-0.15, -0.1) is 0 Å². The molecule has 2 N–H and O–H groups in total. The van der Waals surface area contributed by atoms with Gasteiger partial charge in [0.25, 0.3) is 0 Å². The van der Waals surface area contributed by atoms with Crippen molar-refractivity contribution in [2.75, 3.05) is 0 Å². The van der Waals surface area contributed by atoms with E-state index in [0.717, 1.165) is 23.9 Å². The molecule has 0 saturated heterocycles. The molecule has 0 aliphatic carbocycles. The van der Waals surface area contributed by atoms with Crippen molar-refractivity contribution in [3.63, 3.8) is 0 Å². The topological polar surface area (TPSA) is 43.8 Å². The number of benzene rings is 1. The highest BCUT2D eigenvalue weighted by Crippen LogP contribution is 2.22. The summed E-state index contributed by atoms with van der Waals surface area (Å²) in [6.07, 6.45) is 3.60. The summed E-state index contributed by atoms with van der Waals surface area (Å²) < 4.78 is 2.16. The predicted molar refractivity (Wildman–Crippen MR) is 70.5 cm³/mol. The average molecular weight is 233 g/mol. The zero-order valence-electron chi connectivity index (χ0n) is 9.26. The first-order chi connectivity index (χ1) is 7.72. The molecule has 0 amide bonds. The molecule has 0 spiro atoms. The minimum absolute atomic E-state index is 0.310. The Labute approximate surface area is 100 Å². The molecular formula is C12H15N3S. The van der Waals surface area contributed by atoms with Crippen LogP contribution in [0.4, 0.5) is 0 Å². The summed E-state index contributed by atoms with van der Waals surface area (Å²) >= 11 is 4.98. The number of imidazole rings is 1. The minimum atomic E-state index is 0.310. The Hall–Kier alpha value is -1.42. The van der Waals surface area contributed by atoms with Crippen LogP contribution in [0.25, 0.3) is 11.0 Å². The lowest BCUT2D eigenvalue weighted by Gasteiger charge is -2.16. The van der Waals surface area contributed by atoms with Crippen LogP contribution in [-0.2, 0) is 0 Å². The van der Waals surface area contributed by atoms with Gasteiger partial charge in [0.1, 0.15) is 0 Å². The molecule has 16 heavy (non-hydrogen) atoms. The van der Waals surface area contributed by atoms with Crippen molar-refractivity contribution in [1.29, 1.82) is 0 Å². The van der Waals surface area contributed by atoms with E-state index in [9.17, 15) is 0 Å². The summed E-state index contributed by atoms with van der Waals surface area (Å²) in [5.74, 6) is 0. The van der Waals surface area contributed by atoms with Gasteiger partial charge < -0.3 is 10.3 Å².